The molecule has 0 spiro atoms. The van der Waals surface area contributed by atoms with Gasteiger partial charge in [-0.05, 0) is 45.4 Å². The molecule has 108 valence electrons. The molecule has 3 rings (SSSR count). The van der Waals surface area contributed by atoms with E-state index in [2.05, 4.69) is 20.3 Å². The number of nitrogens with zero attached hydrogens (tertiary/aromatic N) is 4. The SMILES string of the molecule is CNCC1CCN(Cc2cc(=O)n3ncsc3n2)CC1. The predicted octanol–water partition coefficient (Wildman–Crippen LogP) is 0.582. The first-order valence-corrected chi connectivity index (χ1v) is 7.83. The van der Waals surface area contributed by atoms with Crippen LogP contribution in [0.1, 0.15) is 18.5 Å². The number of aromatic nitrogens is 3. The van der Waals surface area contributed by atoms with Gasteiger partial charge < -0.3 is 5.32 Å². The summed E-state index contributed by atoms with van der Waals surface area (Å²) in [5.74, 6) is 0.777. The van der Waals surface area contributed by atoms with Crippen molar-refractivity contribution in [1.82, 2.24) is 24.8 Å². The van der Waals surface area contributed by atoms with Crippen molar-refractivity contribution in [3.8, 4) is 0 Å². The lowest BCUT2D eigenvalue weighted by atomic mass is 9.97. The molecule has 1 saturated heterocycles. The van der Waals surface area contributed by atoms with E-state index in [0.717, 1.165) is 37.8 Å². The van der Waals surface area contributed by atoms with E-state index in [-0.39, 0.29) is 5.56 Å². The van der Waals surface area contributed by atoms with Crippen LogP contribution < -0.4 is 10.9 Å². The largest absolute Gasteiger partial charge is 0.319 e. The Morgan fingerprint density at radius 2 is 2.25 bits per heavy atom. The maximum absolute atomic E-state index is 11.9. The fourth-order valence-electron chi connectivity index (χ4n) is 2.75. The molecule has 20 heavy (non-hydrogen) atoms. The van der Waals surface area contributed by atoms with Crippen LogP contribution in [0.5, 0.6) is 0 Å². The molecule has 1 aliphatic rings. The van der Waals surface area contributed by atoms with E-state index in [9.17, 15) is 4.79 Å². The lowest BCUT2D eigenvalue weighted by Gasteiger charge is -2.31. The van der Waals surface area contributed by atoms with Crippen molar-refractivity contribution in [1.29, 1.82) is 0 Å². The minimum atomic E-state index is -0.0867. The summed E-state index contributed by atoms with van der Waals surface area (Å²) >= 11 is 1.40. The van der Waals surface area contributed by atoms with Crippen LogP contribution in [0.2, 0.25) is 0 Å². The van der Waals surface area contributed by atoms with Gasteiger partial charge in [0.2, 0.25) is 4.96 Å². The van der Waals surface area contributed by atoms with Gasteiger partial charge in [-0.15, -0.1) is 0 Å². The van der Waals surface area contributed by atoms with Gasteiger partial charge in [-0.1, -0.05) is 11.3 Å². The van der Waals surface area contributed by atoms with Crippen LogP contribution in [-0.4, -0.2) is 46.2 Å². The van der Waals surface area contributed by atoms with Crippen molar-refractivity contribution in [2.45, 2.75) is 19.4 Å². The van der Waals surface area contributed by atoms with Crippen molar-refractivity contribution in [3.63, 3.8) is 0 Å². The second kappa shape index (κ2) is 5.99. The Hall–Kier alpha value is -1.31. The van der Waals surface area contributed by atoms with E-state index in [1.54, 1.807) is 11.6 Å². The maximum Gasteiger partial charge on any atom is 0.275 e. The Kier molecular flexibility index (Phi) is 4.09. The zero-order valence-electron chi connectivity index (χ0n) is 11.6. The summed E-state index contributed by atoms with van der Waals surface area (Å²) in [7, 11) is 2.01. The van der Waals surface area contributed by atoms with Gasteiger partial charge in [0.15, 0.2) is 0 Å². The van der Waals surface area contributed by atoms with Gasteiger partial charge >= 0.3 is 0 Å². The standard InChI is InChI=1S/C13H19N5OS/c1-14-7-10-2-4-17(5-3-10)8-11-6-12(19)18-13(16-11)20-9-15-18/h6,9-10,14H,2-5,7-8H2,1H3. The van der Waals surface area contributed by atoms with E-state index in [1.807, 2.05) is 7.05 Å². The van der Waals surface area contributed by atoms with E-state index in [0.29, 0.717) is 4.96 Å². The monoisotopic (exact) mass is 293 g/mol. The van der Waals surface area contributed by atoms with Crippen LogP contribution in [0.3, 0.4) is 0 Å². The summed E-state index contributed by atoms with van der Waals surface area (Å²) < 4.78 is 1.35. The zero-order chi connectivity index (χ0) is 13.9. The first kappa shape index (κ1) is 13.7. The Labute approximate surface area is 121 Å². The van der Waals surface area contributed by atoms with Crippen LogP contribution >= 0.6 is 11.3 Å². The van der Waals surface area contributed by atoms with Crippen LogP contribution in [-0.2, 0) is 6.54 Å². The number of hydrogen-bond donors (Lipinski definition) is 1. The molecule has 2 aromatic heterocycles. The Morgan fingerprint density at radius 1 is 1.45 bits per heavy atom. The Balaban J connectivity index is 1.66. The number of nitrogens with one attached hydrogen (secondary N) is 1. The van der Waals surface area contributed by atoms with Crippen molar-refractivity contribution >= 4 is 16.3 Å². The maximum atomic E-state index is 11.9. The molecule has 0 saturated carbocycles. The van der Waals surface area contributed by atoms with E-state index in [4.69, 9.17) is 0 Å². The fourth-order valence-corrected chi connectivity index (χ4v) is 3.39. The molecule has 0 aromatic carbocycles. The van der Waals surface area contributed by atoms with Gasteiger partial charge in [-0.3, -0.25) is 9.69 Å². The Morgan fingerprint density at radius 3 is 3.00 bits per heavy atom. The number of rotatable bonds is 4. The van der Waals surface area contributed by atoms with Gasteiger partial charge in [-0.25, -0.2) is 4.98 Å². The number of fused-ring (bicyclic) bond motifs is 1. The second-order valence-corrected chi connectivity index (χ2v) is 6.11. The number of likely N-dealkylation sites (tertiary alicyclic amines) is 1. The highest BCUT2D eigenvalue weighted by Gasteiger charge is 2.19. The molecule has 3 heterocycles. The van der Waals surface area contributed by atoms with Crippen LogP contribution in [0.25, 0.3) is 4.96 Å². The first-order chi connectivity index (χ1) is 9.76. The highest BCUT2D eigenvalue weighted by atomic mass is 32.1. The summed E-state index contributed by atoms with van der Waals surface area (Å²) in [6.07, 6.45) is 2.42. The molecule has 2 aromatic rings. The third kappa shape index (κ3) is 2.89. The van der Waals surface area contributed by atoms with Crippen LogP contribution in [0.4, 0.5) is 0 Å². The molecular weight excluding hydrogens is 274 g/mol. The third-order valence-electron chi connectivity index (χ3n) is 3.83. The van der Waals surface area contributed by atoms with Gasteiger partial charge in [0, 0.05) is 12.6 Å². The lowest BCUT2D eigenvalue weighted by molar-refractivity contribution is 0.175. The smallest absolute Gasteiger partial charge is 0.275 e. The summed E-state index contributed by atoms with van der Waals surface area (Å²) in [5.41, 5.74) is 2.42. The molecule has 1 fully saturated rings. The highest BCUT2D eigenvalue weighted by Crippen LogP contribution is 2.17. The minimum Gasteiger partial charge on any atom is -0.319 e. The number of piperidine rings is 1. The topological polar surface area (TPSA) is 62.5 Å². The summed E-state index contributed by atoms with van der Waals surface area (Å²) in [6, 6.07) is 1.60. The second-order valence-electron chi connectivity index (χ2n) is 5.30. The molecule has 0 atom stereocenters. The lowest BCUT2D eigenvalue weighted by Crippen LogP contribution is -2.36. The fraction of sp³-hybridized carbons (Fsp3) is 0.615. The van der Waals surface area contributed by atoms with E-state index < -0.39 is 0 Å². The minimum absolute atomic E-state index is 0.0867. The first-order valence-electron chi connectivity index (χ1n) is 6.95. The van der Waals surface area contributed by atoms with Crippen molar-refractivity contribution < 1.29 is 0 Å². The van der Waals surface area contributed by atoms with Crippen molar-refractivity contribution in [2.75, 3.05) is 26.7 Å². The molecule has 0 radical (unpaired) electrons. The Bertz CT molecular complexity index is 629. The van der Waals surface area contributed by atoms with Gasteiger partial charge in [0.1, 0.15) is 5.51 Å². The molecule has 0 bridgehead atoms. The normalized spacial score (nSPS) is 17.9. The van der Waals surface area contributed by atoms with Gasteiger partial charge in [0.25, 0.3) is 5.56 Å². The third-order valence-corrected chi connectivity index (χ3v) is 4.50. The van der Waals surface area contributed by atoms with Gasteiger partial charge in [0.05, 0.1) is 5.69 Å². The average molecular weight is 293 g/mol. The quantitative estimate of drug-likeness (QED) is 0.893. The van der Waals surface area contributed by atoms with Crippen molar-refractivity contribution in [2.24, 2.45) is 5.92 Å². The molecule has 6 nitrogen and oxygen atoms in total. The summed E-state index contributed by atoms with van der Waals surface area (Å²) in [5, 5.41) is 7.22. The average Bonchev–Trinajstić information content (AvgIpc) is 2.90. The molecule has 0 unspecified atom stereocenters. The molecular formula is C13H19N5OS. The van der Waals surface area contributed by atoms with Gasteiger partial charge in [-0.2, -0.15) is 9.61 Å². The molecule has 1 aliphatic heterocycles. The van der Waals surface area contributed by atoms with Crippen LogP contribution in [0.15, 0.2) is 16.4 Å². The van der Waals surface area contributed by atoms with Crippen molar-refractivity contribution in [3.05, 3.63) is 27.6 Å². The summed E-state index contributed by atoms with van der Waals surface area (Å²) in [4.78, 5) is 19.4. The molecule has 0 aliphatic carbocycles. The van der Waals surface area contributed by atoms with E-state index >= 15 is 0 Å². The zero-order valence-corrected chi connectivity index (χ0v) is 12.4. The summed E-state index contributed by atoms with van der Waals surface area (Å²) in [6.45, 7) is 4.02. The molecule has 7 heteroatoms. The highest BCUT2D eigenvalue weighted by molar-refractivity contribution is 7.14. The van der Waals surface area contributed by atoms with E-state index in [1.165, 1.54) is 28.7 Å². The molecule has 1 N–H and O–H groups in total. The number of hydrogen-bond acceptors (Lipinski definition) is 6. The molecule has 0 amide bonds. The predicted molar refractivity (Wildman–Crippen MR) is 79.1 cm³/mol. The van der Waals surface area contributed by atoms with Crippen LogP contribution in [0, 0.1) is 5.92 Å².